The molecule has 27 heavy (non-hydrogen) atoms. The first-order valence-electron chi connectivity index (χ1n) is 9.60. The van der Waals surface area contributed by atoms with Crippen LogP contribution in [0.25, 0.3) is 0 Å². The molecule has 1 unspecified atom stereocenters. The topological polar surface area (TPSA) is 61.4 Å². The van der Waals surface area contributed by atoms with Crippen molar-refractivity contribution in [3.63, 3.8) is 0 Å². The lowest BCUT2D eigenvalue weighted by molar-refractivity contribution is -0.117. The summed E-state index contributed by atoms with van der Waals surface area (Å²) in [5.41, 5.74) is 2.24. The van der Waals surface area contributed by atoms with E-state index in [1.165, 1.54) is 6.42 Å². The van der Waals surface area contributed by atoms with Gasteiger partial charge in [0.15, 0.2) is 0 Å². The lowest BCUT2D eigenvalue weighted by Crippen LogP contribution is -2.36. The largest absolute Gasteiger partial charge is 0.346 e. The number of carbonyl (C=O) groups is 2. The van der Waals surface area contributed by atoms with Crippen molar-refractivity contribution in [3.8, 4) is 0 Å². The van der Waals surface area contributed by atoms with Crippen molar-refractivity contribution in [2.45, 2.75) is 32.2 Å². The summed E-state index contributed by atoms with van der Waals surface area (Å²) in [6.45, 7) is 4.32. The predicted molar refractivity (Wildman–Crippen MR) is 108 cm³/mol. The highest BCUT2D eigenvalue weighted by Gasteiger charge is 2.15. The highest BCUT2D eigenvalue weighted by Crippen LogP contribution is 2.15. The van der Waals surface area contributed by atoms with Crippen LogP contribution in [-0.4, -0.2) is 36.3 Å². The van der Waals surface area contributed by atoms with Crippen LogP contribution in [-0.2, 0) is 4.79 Å². The van der Waals surface area contributed by atoms with Crippen molar-refractivity contribution in [2.24, 2.45) is 0 Å². The van der Waals surface area contributed by atoms with E-state index in [0.717, 1.165) is 31.5 Å². The maximum absolute atomic E-state index is 12.6. The van der Waals surface area contributed by atoms with E-state index in [9.17, 15) is 9.59 Å². The molecular weight excluding hydrogens is 338 g/mol. The molecule has 1 heterocycles. The number of piperidine rings is 1. The third-order valence-corrected chi connectivity index (χ3v) is 4.87. The van der Waals surface area contributed by atoms with Gasteiger partial charge in [-0.2, -0.15) is 0 Å². The third kappa shape index (κ3) is 5.66. The Morgan fingerprint density at radius 3 is 2.48 bits per heavy atom. The molecule has 0 aromatic heterocycles. The maximum Gasteiger partial charge on any atom is 0.251 e. The molecule has 0 saturated carbocycles. The molecule has 1 aliphatic heterocycles. The number of nitrogens with zero attached hydrogens (tertiary/aromatic N) is 1. The molecule has 1 saturated heterocycles. The van der Waals surface area contributed by atoms with Gasteiger partial charge in [-0.1, -0.05) is 42.8 Å². The zero-order chi connectivity index (χ0) is 19.1. The Morgan fingerprint density at radius 1 is 1.00 bits per heavy atom. The van der Waals surface area contributed by atoms with Gasteiger partial charge in [0.05, 0.1) is 12.6 Å². The van der Waals surface area contributed by atoms with Crippen LogP contribution < -0.4 is 10.6 Å². The van der Waals surface area contributed by atoms with Crippen molar-refractivity contribution < 1.29 is 9.59 Å². The molecule has 2 amide bonds. The highest BCUT2D eigenvalue weighted by atomic mass is 16.2. The van der Waals surface area contributed by atoms with Gasteiger partial charge in [0.1, 0.15) is 0 Å². The molecule has 1 fully saturated rings. The van der Waals surface area contributed by atoms with Crippen molar-refractivity contribution in [1.82, 2.24) is 10.2 Å². The molecule has 0 aliphatic carbocycles. The Kier molecular flexibility index (Phi) is 6.60. The van der Waals surface area contributed by atoms with Gasteiger partial charge in [-0.3, -0.25) is 14.5 Å². The first kappa shape index (κ1) is 19.1. The zero-order valence-corrected chi connectivity index (χ0v) is 15.8. The zero-order valence-electron chi connectivity index (χ0n) is 15.8. The van der Waals surface area contributed by atoms with Crippen LogP contribution in [0.15, 0.2) is 54.6 Å². The van der Waals surface area contributed by atoms with Crippen molar-refractivity contribution in [2.75, 3.05) is 25.0 Å². The fourth-order valence-electron chi connectivity index (χ4n) is 3.36. The molecule has 5 nitrogen and oxygen atoms in total. The minimum Gasteiger partial charge on any atom is -0.346 e. The van der Waals surface area contributed by atoms with Crippen molar-refractivity contribution in [3.05, 3.63) is 65.7 Å². The van der Waals surface area contributed by atoms with E-state index in [1.807, 2.05) is 43.3 Å². The van der Waals surface area contributed by atoms with Crippen molar-refractivity contribution >= 4 is 17.5 Å². The molecule has 2 N–H and O–H groups in total. The maximum atomic E-state index is 12.6. The molecule has 0 radical (unpaired) electrons. The first-order chi connectivity index (χ1) is 13.1. The summed E-state index contributed by atoms with van der Waals surface area (Å²) >= 11 is 0. The molecular formula is C22H27N3O2. The van der Waals surface area contributed by atoms with E-state index in [2.05, 4.69) is 15.5 Å². The lowest BCUT2D eigenvalue weighted by atomic mass is 10.1. The van der Waals surface area contributed by atoms with Crippen LogP contribution in [0.1, 0.15) is 48.1 Å². The molecule has 5 heteroatoms. The number of nitrogens with one attached hydrogen (secondary N) is 2. The summed E-state index contributed by atoms with van der Waals surface area (Å²) in [7, 11) is 0. The number of anilines is 1. The SMILES string of the molecule is CC(NC(=O)c1cccc(NC(=O)CN2CCCCC2)c1)c1ccccc1. The van der Waals surface area contributed by atoms with Gasteiger partial charge in [0.25, 0.3) is 5.91 Å². The standard InChI is InChI=1S/C22H27N3O2/c1-17(18-9-4-2-5-10-18)23-22(27)19-11-8-12-20(15-19)24-21(26)16-25-13-6-3-7-14-25/h2,4-5,8-12,15,17H,3,6-7,13-14,16H2,1H3,(H,23,27)(H,24,26). The molecule has 1 aliphatic rings. The Hall–Kier alpha value is -2.66. The lowest BCUT2D eigenvalue weighted by Gasteiger charge is -2.25. The number of carbonyl (C=O) groups excluding carboxylic acids is 2. The number of amides is 2. The molecule has 1 atom stereocenters. The minimum atomic E-state index is -0.154. The summed E-state index contributed by atoms with van der Waals surface area (Å²) in [6.07, 6.45) is 3.56. The fourth-order valence-corrected chi connectivity index (χ4v) is 3.36. The second kappa shape index (κ2) is 9.33. The molecule has 142 valence electrons. The molecule has 2 aromatic carbocycles. The number of likely N-dealkylation sites (tertiary alicyclic amines) is 1. The summed E-state index contributed by atoms with van der Waals surface area (Å²) in [4.78, 5) is 27.0. The first-order valence-corrected chi connectivity index (χ1v) is 9.60. The average Bonchev–Trinajstić information content (AvgIpc) is 2.69. The molecule has 2 aromatic rings. The second-order valence-corrected chi connectivity index (χ2v) is 7.07. The number of rotatable bonds is 6. The smallest absolute Gasteiger partial charge is 0.251 e. The van der Waals surface area contributed by atoms with E-state index < -0.39 is 0 Å². The Balaban J connectivity index is 1.57. The average molecular weight is 365 g/mol. The summed E-state index contributed by atoms with van der Waals surface area (Å²) in [5, 5.41) is 5.91. The molecule has 0 bridgehead atoms. The molecule has 3 rings (SSSR count). The summed E-state index contributed by atoms with van der Waals surface area (Å²) in [6, 6.07) is 16.8. The van der Waals surface area contributed by atoms with Crippen LogP contribution in [0.5, 0.6) is 0 Å². The van der Waals surface area contributed by atoms with Gasteiger partial charge in [-0.15, -0.1) is 0 Å². The third-order valence-electron chi connectivity index (χ3n) is 4.87. The second-order valence-electron chi connectivity index (χ2n) is 7.07. The van der Waals surface area contributed by atoms with E-state index in [0.29, 0.717) is 17.8 Å². The predicted octanol–water partition coefficient (Wildman–Crippen LogP) is 3.60. The van der Waals surface area contributed by atoms with Gasteiger partial charge in [-0.05, 0) is 56.6 Å². The minimum absolute atomic E-state index is 0.0351. The van der Waals surface area contributed by atoms with Gasteiger partial charge in [0, 0.05) is 11.3 Å². The quantitative estimate of drug-likeness (QED) is 0.822. The number of hydrogen-bond donors (Lipinski definition) is 2. The van der Waals surface area contributed by atoms with Crippen LogP contribution >= 0.6 is 0 Å². The van der Waals surface area contributed by atoms with Gasteiger partial charge in [-0.25, -0.2) is 0 Å². The Morgan fingerprint density at radius 2 is 1.74 bits per heavy atom. The Bertz CT molecular complexity index is 770. The number of benzene rings is 2. The highest BCUT2D eigenvalue weighted by molar-refractivity contribution is 5.97. The van der Waals surface area contributed by atoms with Gasteiger partial charge >= 0.3 is 0 Å². The van der Waals surface area contributed by atoms with Crippen LogP contribution in [0.2, 0.25) is 0 Å². The van der Waals surface area contributed by atoms with Crippen LogP contribution in [0.4, 0.5) is 5.69 Å². The normalized spacial score (nSPS) is 15.7. The van der Waals surface area contributed by atoms with Gasteiger partial charge < -0.3 is 10.6 Å². The van der Waals surface area contributed by atoms with E-state index in [-0.39, 0.29) is 17.9 Å². The van der Waals surface area contributed by atoms with E-state index in [1.54, 1.807) is 18.2 Å². The van der Waals surface area contributed by atoms with Crippen LogP contribution in [0, 0.1) is 0 Å². The number of hydrogen-bond acceptors (Lipinski definition) is 3. The van der Waals surface area contributed by atoms with Gasteiger partial charge in [0.2, 0.25) is 5.91 Å². The van der Waals surface area contributed by atoms with E-state index in [4.69, 9.17) is 0 Å². The summed E-state index contributed by atoms with van der Waals surface area (Å²) < 4.78 is 0. The summed E-state index contributed by atoms with van der Waals surface area (Å²) in [5.74, 6) is -0.189. The monoisotopic (exact) mass is 365 g/mol. The van der Waals surface area contributed by atoms with E-state index >= 15 is 0 Å². The fraction of sp³-hybridized carbons (Fsp3) is 0.364. The van der Waals surface area contributed by atoms with Crippen molar-refractivity contribution in [1.29, 1.82) is 0 Å². The molecule has 0 spiro atoms. The van der Waals surface area contributed by atoms with Crippen LogP contribution in [0.3, 0.4) is 0 Å². The Labute approximate surface area is 160 Å².